The van der Waals surface area contributed by atoms with Crippen molar-refractivity contribution in [2.75, 3.05) is 110 Å². The number of aryl methyl sites for hydroxylation is 1. The average molecular weight is 1020 g/mol. The van der Waals surface area contributed by atoms with Crippen molar-refractivity contribution in [2.24, 2.45) is 0 Å². The van der Waals surface area contributed by atoms with Crippen molar-refractivity contribution in [2.45, 2.75) is 44.8 Å². The van der Waals surface area contributed by atoms with Gasteiger partial charge in [0.2, 0.25) is 0 Å². The van der Waals surface area contributed by atoms with Gasteiger partial charge in [0.15, 0.2) is 0 Å². The number of piperidine rings is 1. The van der Waals surface area contributed by atoms with Crippen LogP contribution in [0.2, 0.25) is 0 Å². The van der Waals surface area contributed by atoms with E-state index in [4.69, 9.17) is 18.9 Å². The number of ether oxygens (including phenoxy) is 4. The topological polar surface area (TPSA) is 181 Å². The third kappa shape index (κ3) is 14.3. The average Bonchev–Trinajstić information content (AvgIpc) is 3.42. The van der Waals surface area contributed by atoms with Crippen molar-refractivity contribution in [3.05, 3.63) is 147 Å². The fourth-order valence-corrected chi connectivity index (χ4v) is 9.31. The molecule has 3 amide bonds. The first kappa shape index (κ1) is 53.5. The van der Waals surface area contributed by atoms with Crippen LogP contribution in [0.1, 0.15) is 79.1 Å². The summed E-state index contributed by atoms with van der Waals surface area (Å²) in [4.78, 5) is 69.4. The molecule has 0 radical (unpaired) electrons. The van der Waals surface area contributed by atoms with Crippen LogP contribution in [0.3, 0.4) is 0 Å². The molecule has 2 aliphatic rings. The molecule has 8 rings (SSSR count). The maximum absolute atomic E-state index is 13.6. The summed E-state index contributed by atoms with van der Waals surface area (Å²) >= 11 is 0. The predicted octanol–water partition coefficient (Wildman–Crippen LogP) is 6.62. The van der Waals surface area contributed by atoms with E-state index in [0.717, 1.165) is 72.2 Å². The number of carbonyl (C=O) groups excluding carboxylic acids is 3. The van der Waals surface area contributed by atoms with Gasteiger partial charge in [-0.25, -0.2) is 4.98 Å². The maximum atomic E-state index is 13.6. The third-order valence-electron chi connectivity index (χ3n) is 13.4. The number of carbonyl (C=O) groups is 3. The van der Waals surface area contributed by atoms with E-state index in [9.17, 15) is 32.3 Å². The van der Waals surface area contributed by atoms with Gasteiger partial charge >= 0.3 is 6.18 Å². The molecule has 5 heterocycles. The van der Waals surface area contributed by atoms with E-state index in [1.807, 2.05) is 43.5 Å². The molecule has 19 heteroatoms. The molecular formula is C55H63F3N8O8. The van der Waals surface area contributed by atoms with Gasteiger partial charge in [-0.05, 0) is 95.6 Å². The summed E-state index contributed by atoms with van der Waals surface area (Å²) in [5, 5.41) is 6.00. The van der Waals surface area contributed by atoms with Crippen LogP contribution in [-0.4, -0.2) is 148 Å². The summed E-state index contributed by atoms with van der Waals surface area (Å²) < 4.78 is 63.1. The minimum atomic E-state index is -4.52. The monoisotopic (exact) mass is 1020 g/mol. The van der Waals surface area contributed by atoms with Gasteiger partial charge in [0.05, 0.1) is 81.3 Å². The molecule has 0 saturated carbocycles. The van der Waals surface area contributed by atoms with Crippen LogP contribution in [0.5, 0.6) is 0 Å². The van der Waals surface area contributed by atoms with Gasteiger partial charge in [-0.1, -0.05) is 43.3 Å². The molecule has 74 heavy (non-hydrogen) atoms. The van der Waals surface area contributed by atoms with Crippen molar-refractivity contribution >= 4 is 45.2 Å². The first-order valence-electron chi connectivity index (χ1n) is 25.2. The molecule has 392 valence electrons. The second-order valence-electron chi connectivity index (χ2n) is 18.3. The minimum absolute atomic E-state index is 0.0141. The molecule has 2 saturated heterocycles. The molecule has 6 aromatic rings. The third-order valence-corrected chi connectivity index (χ3v) is 13.4. The summed E-state index contributed by atoms with van der Waals surface area (Å²) in [5.74, 6) is -0.577. The Hall–Kier alpha value is -6.77. The zero-order chi connectivity index (χ0) is 51.9. The van der Waals surface area contributed by atoms with Crippen molar-refractivity contribution in [3.8, 4) is 0 Å². The Balaban J connectivity index is 0.604. The van der Waals surface area contributed by atoms with Gasteiger partial charge in [-0.15, -0.1) is 0 Å². The Morgan fingerprint density at radius 1 is 0.703 bits per heavy atom. The van der Waals surface area contributed by atoms with Crippen LogP contribution >= 0.6 is 0 Å². The molecule has 2 aliphatic heterocycles. The maximum Gasteiger partial charge on any atom is 0.417 e. The highest BCUT2D eigenvalue weighted by Crippen LogP contribution is 2.36. The number of hydrogen-bond acceptors (Lipinski definition) is 12. The van der Waals surface area contributed by atoms with Crippen LogP contribution in [0.25, 0.3) is 21.8 Å². The normalized spacial score (nSPS) is 14.7. The molecule has 2 fully saturated rings. The summed E-state index contributed by atoms with van der Waals surface area (Å²) in [7, 11) is 0. The number of benzene rings is 3. The number of H-pyrrole nitrogens is 1. The summed E-state index contributed by atoms with van der Waals surface area (Å²) in [6, 6.07) is 23.4. The lowest BCUT2D eigenvalue weighted by molar-refractivity contribution is -0.136. The quantitative estimate of drug-likeness (QED) is 0.0585. The fraction of sp³-hybridized carbons (Fsp3) is 0.418. The number of nitrogens with zero attached hydrogens (tertiary/aromatic N) is 5. The van der Waals surface area contributed by atoms with Gasteiger partial charge in [0.1, 0.15) is 5.69 Å². The highest BCUT2D eigenvalue weighted by molar-refractivity contribution is 6.08. The van der Waals surface area contributed by atoms with Crippen molar-refractivity contribution in [3.63, 3.8) is 0 Å². The number of amides is 3. The SMILES string of the molecule is CCc1cc2ncc(CN3CCN(c4ccc(C(=O)NCCOCCOCCOCCOCCNC(=O)c5ccc(C6CCN(C(=O)c7cccc8c(C(F)(F)F)cccc78)CC6)cc5)nc4)CC3)cc2[nH]c1=O. The van der Waals surface area contributed by atoms with Crippen molar-refractivity contribution in [1.29, 1.82) is 0 Å². The number of likely N-dealkylation sites (tertiary alicyclic amines) is 1. The van der Waals surface area contributed by atoms with Crippen LogP contribution in [-0.2, 0) is 38.1 Å². The van der Waals surface area contributed by atoms with Gasteiger partial charge in [-0.2, -0.15) is 13.2 Å². The molecule has 0 atom stereocenters. The van der Waals surface area contributed by atoms with Crippen LogP contribution in [0.15, 0.2) is 102 Å². The number of anilines is 1. The number of pyridine rings is 3. The molecule has 3 N–H and O–H groups in total. The zero-order valence-corrected chi connectivity index (χ0v) is 41.6. The molecule has 0 spiro atoms. The Morgan fingerprint density at radius 3 is 1.97 bits per heavy atom. The highest BCUT2D eigenvalue weighted by atomic mass is 19.4. The Bertz CT molecular complexity index is 2890. The first-order chi connectivity index (χ1) is 35.9. The Labute approximate surface area is 427 Å². The second kappa shape index (κ2) is 25.9. The lowest BCUT2D eigenvalue weighted by atomic mass is 9.88. The number of alkyl halides is 3. The standard InChI is InChI=1S/C55H63F3N8O8/c1-2-39-34-49-50(63-52(39)68)33-38(35-61-49)37-64-21-23-65(24-22-64)43-13-14-48(62-36-43)53(69)60-18-26-72-28-30-74-32-31-73-29-27-71-25-17-59-51(67)42-11-9-40(10-12-42)41-15-19-66(20-16-41)54(70)46-7-3-6-45-44(46)5-4-8-47(45)55(56,57)58/h3-14,33-36,41H,2,15-32,37H2,1H3,(H,59,67)(H,60,69)(H,63,68). The fourth-order valence-electron chi connectivity index (χ4n) is 9.31. The van der Waals surface area contributed by atoms with E-state index in [0.29, 0.717) is 115 Å². The van der Waals surface area contributed by atoms with Crippen LogP contribution < -0.4 is 21.1 Å². The Kier molecular flexibility index (Phi) is 18.8. The molecular weight excluding hydrogens is 958 g/mol. The van der Waals surface area contributed by atoms with E-state index in [-0.39, 0.29) is 40.1 Å². The number of aromatic nitrogens is 3. The summed E-state index contributed by atoms with van der Waals surface area (Å²) in [6.07, 6.45) is 1.16. The predicted molar refractivity (Wildman–Crippen MR) is 275 cm³/mol. The molecule has 0 aliphatic carbocycles. The number of fused-ring (bicyclic) bond motifs is 2. The number of rotatable bonds is 23. The minimum Gasteiger partial charge on any atom is -0.377 e. The van der Waals surface area contributed by atoms with Gasteiger partial charge in [-0.3, -0.25) is 29.1 Å². The van der Waals surface area contributed by atoms with Gasteiger partial charge < -0.3 is 44.4 Å². The summed E-state index contributed by atoms with van der Waals surface area (Å²) in [6.45, 7) is 10.6. The lowest BCUT2D eigenvalue weighted by Crippen LogP contribution is -2.46. The van der Waals surface area contributed by atoms with Crippen molar-refractivity contribution < 1.29 is 46.5 Å². The largest absolute Gasteiger partial charge is 0.417 e. The van der Waals surface area contributed by atoms with E-state index in [1.165, 1.54) is 18.2 Å². The summed E-state index contributed by atoms with van der Waals surface area (Å²) in [5.41, 5.74) is 5.67. The van der Waals surface area contributed by atoms with Gasteiger partial charge in [0, 0.05) is 81.8 Å². The van der Waals surface area contributed by atoms with Gasteiger partial charge in [0.25, 0.3) is 23.3 Å². The highest BCUT2D eigenvalue weighted by Gasteiger charge is 2.33. The number of piperazine rings is 1. The molecule has 0 unspecified atom stereocenters. The number of hydrogen-bond donors (Lipinski definition) is 3. The number of aromatic amines is 1. The molecule has 3 aromatic carbocycles. The number of nitrogens with one attached hydrogen (secondary N) is 3. The zero-order valence-electron chi connectivity index (χ0n) is 41.6. The molecule has 16 nitrogen and oxygen atoms in total. The van der Waals surface area contributed by atoms with E-state index in [2.05, 4.69) is 35.4 Å². The molecule has 0 bridgehead atoms. The van der Waals surface area contributed by atoms with Crippen LogP contribution in [0.4, 0.5) is 18.9 Å². The van der Waals surface area contributed by atoms with Crippen LogP contribution in [0, 0.1) is 0 Å². The second-order valence-corrected chi connectivity index (χ2v) is 18.3. The van der Waals surface area contributed by atoms with E-state index >= 15 is 0 Å². The van der Waals surface area contributed by atoms with E-state index < -0.39 is 11.7 Å². The first-order valence-corrected chi connectivity index (χ1v) is 25.2. The Morgan fingerprint density at radius 2 is 1.34 bits per heavy atom. The lowest BCUT2D eigenvalue weighted by Gasteiger charge is -2.36. The molecule has 3 aromatic heterocycles. The smallest absolute Gasteiger partial charge is 0.377 e. The van der Waals surface area contributed by atoms with Crippen molar-refractivity contribution in [1.82, 2.24) is 35.4 Å². The number of halogens is 3. The van der Waals surface area contributed by atoms with E-state index in [1.54, 1.807) is 41.4 Å².